The molecule has 18 heavy (non-hydrogen) atoms. The Morgan fingerprint density at radius 1 is 1.56 bits per heavy atom. The van der Waals surface area contributed by atoms with E-state index in [1.807, 2.05) is 6.92 Å². The molecule has 1 saturated heterocycles. The Kier molecular flexibility index (Phi) is 3.76. The molecule has 2 rings (SSSR count). The lowest BCUT2D eigenvalue weighted by Gasteiger charge is -2.34. The van der Waals surface area contributed by atoms with E-state index in [1.165, 1.54) is 17.0 Å². The van der Waals surface area contributed by atoms with Crippen LogP contribution in [0.15, 0.2) is 12.1 Å². The molecule has 0 aliphatic carbocycles. The molecular formula is C11H13ClN4O2. The fourth-order valence-electron chi connectivity index (χ4n) is 1.94. The van der Waals surface area contributed by atoms with Gasteiger partial charge in [0.1, 0.15) is 6.04 Å². The maximum absolute atomic E-state index is 12.2. The Morgan fingerprint density at radius 3 is 2.94 bits per heavy atom. The molecule has 6 nitrogen and oxygen atoms in total. The van der Waals surface area contributed by atoms with Crippen molar-refractivity contribution in [1.29, 1.82) is 0 Å². The molecule has 2 heterocycles. The van der Waals surface area contributed by atoms with E-state index in [4.69, 9.17) is 11.6 Å². The summed E-state index contributed by atoms with van der Waals surface area (Å²) in [6.07, 6.45) is 0.568. The minimum Gasteiger partial charge on any atom is -0.353 e. The van der Waals surface area contributed by atoms with Gasteiger partial charge in [0.25, 0.3) is 5.91 Å². The highest BCUT2D eigenvalue weighted by Gasteiger charge is 2.32. The molecule has 0 radical (unpaired) electrons. The number of amides is 2. The SMILES string of the molecule is CCC1C(=O)NCCN1C(=O)c1ccc(Cl)nn1. The fraction of sp³-hybridized carbons (Fsp3) is 0.455. The van der Waals surface area contributed by atoms with Gasteiger partial charge in [-0.15, -0.1) is 10.2 Å². The first-order chi connectivity index (χ1) is 8.63. The molecule has 0 aromatic carbocycles. The number of piperazine rings is 1. The first kappa shape index (κ1) is 12.8. The summed E-state index contributed by atoms with van der Waals surface area (Å²) in [6, 6.07) is 2.58. The first-order valence-electron chi connectivity index (χ1n) is 5.71. The van der Waals surface area contributed by atoms with Crippen LogP contribution in [0.2, 0.25) is 5.15 Å². The molecule has 2 amide bonds. The maximum atomic E-state index is 12.2. The number of halogens is 1. The second-order valence-corrected chi connectivity index (χ2v) is 4.34. The summed E-state index contributed by atoms with van der Waals surface area (Å²) in [6.45, 7) is 2.80. The number of carbonyl (C=O) groups excluding carboxylic acids is 2. The largest absolute Gasteiger partial charge is 0.353 e. The molecule has 1 aromatic heterocycles. The number of nitrogens with one attached hydrogen (secondary N) is 1. The summed E-state index contributed by atoms with van der Waals surface area (Å²) in [7, 11) is 0. The van der Waals surface area contributed by atoms with Crippen molar-refractivity contribution in [2.24, 2.45) is 0 Å². The van der Waals surface area contributed by atoms with Gasteiger partial charge >= 0.3 is 0 Å². The Balaban J connectivity index is 2.21. The van der Waals surface area contributed by atoms with Crippen molar-refractivity contribution < 1.29 is 9.59 Å². The zero-order chi connectivity index (χ0) is 13.1. The number of aromatic nitrogens is 2. The van der Waals surface area contributed by atoms with Crippen LogP contribution in [0.5, 0.6) is 0 Å². The quantitative estimate of drug-likeness (QED) is 0.847. The number of carbonyl (C=O) groups is 2. The van der Waals surface area contributed by atoms with E-state index in [1.54, 1.807) is 0 Å². The van der Waals surface area contributed by atoms with Gasteiger partial charge < -0.3 is 10.2 Å². The van der Waals surface area contributed by atoms with Crippen molar-refractivity contribution in [3.63, 3.8) is 0 Å². The van der Waals surface area contributed by atoms with Gasteiger partial charge in [0, 0.05) is 13.1 Å². The molecule has 1 unspecified atom stereocenters. The third-order valence-electron chi connectivity index (χ3n) is 2.83. The van der Waals surface area contributed by atoms with Gasteiger partial charge in [-0.25, -0.2) is 0 Å². The van der Waals surface area contributed by atoms with Gasteiger partial charge in [-0.1, -0.05) is 18.5 Å². The van der Waals surface area contributed by atoms with E-state index in [2.05, 4.69) is 15.5 Å². The number of nitrogens with zero attached hydrogens (tertiary/aromatic N) is 3. The van der Waals surface area contributed by atoms with Gasteiger partial charge in [-0.3, -0.25) is 9.59 Å². The zero-order valence-corrected chi connectivity index (χ0v) is 10.6. The lowest BCUT2D eigenvalue weighted by Crippen LogP contribution is -2.57. The lowest BCUT2D eigenvalue weighted by molar-refractivity contribution is -0.127. The molecular weight excluding hydrogens is 256 g/mol. The van der Waals surface area contributed by atoms with Crippen LogP contribution >= 0.6 is 11.6 Å². The molecule has 0 bridgehead atoms. The van der Waals surface area contributed by atoms with Crippen LogP contribution in [0.1, 0.15) is 23.8 Å². The summed E-state index contributed by atoms with van der Waals surface area (Å²) in [5.41, 5.74) is 0.201. The predicted molar refractivity (Wildman–Crippen MR) is 65.2 cm³/mol. The van der Waals surface area contributed by atoms with Crippen LogP contribution in [-0.4, -0.2) is 46.0 Å². The predicted octanol–water partition coefficient (Wildman–Crippen LogP) is 0.481. The molecule has 96 valence electrons. The summed E-state index contributed by atoms with van der Waals surface area (Å²) < 4.78 is 0. The van der Waals surface area contributed by atoms with Crippen molar-refractivity contribution >= 4 is 23.4 Å². The summed E-state index contributed by atoms with van der Waals surface area (Å²) in [4.78, 5) is 25.4. The van der Waals surface area contributed by atoms with E-state index in [-0.39, 0.29) is 22.7 Å². The number of rotatable bonds is 2. The van der Waals surface area contributed by atoms with Gasteiger partial charge in [-0.05, 0) is 18.6 Å². The zero-order valence-electron chi connectivity index (χ0n) is 9.89. The van der Waals surface area contributed by atoms with Crippen LogP contribution in [0.3, 0.4) is 0 Å². The van der Waals surface area contributed by atoms with Gasteiger partial charge in [0.05, 0.1) is 0 Å². The van der Waals surface area contributed by atoms with Crippen LogP contribution in [0, 0.1) is 0 Å². The Morgan fingerprint density at radius 2 is 2.33 bits per heavy atom. The maximum Gasteiger partial charge on any atom is 0.275 e. The highest BCUT2D eigenvalue weighted by Crippen LogP contribution is 2.13. The molecule has 0 spiro atoms. The summed E-state index contributed by atoms with van der Waals surface area (Å²) >= 11 is 5.62. The van der Waals surface area contributed by atoms with Crippen molar-refractivity contribution in [2.75, 3.05) is 13.1 Å². The first-order valence-corrected chi connectivity index (χ1v) is 6.09. The van der Waals surface area contributed by atoms with Crippen LogP contribution in [-0.2, 0) is 4.79 Å². The lowest BCUT2D eigenvalue weighted by atomic mass is 10.1. The van der Waals surface area contributed by atoms with Gasteiger partial charge in [0.15, 0.2) is 10.8 Å². The van der Waals surface area contributed by atoms with Crippen molar-refractivity contribution in [3.8, 4) is 0 Å². The second-order valence-electron chi connectivity index (χ2n) is 3.95. The standard InChI is InChI=1S/C11H13ClN4O2/c1-2-8-10(17)13-5-6-16(8)11(18)7-3-4-9(12)15-14-7/h3-4,8H,2,5-6H2,1H3,(H,13,17). The van der Waals surface area contributed by atoms with Crippen molar-refractivity contribution in [3.05, 3.63) is 23.0 Å². The van der Waals surface area contributed by atoms with Gasteiger partial charge in [-0.2, -0.15) is 0 Å². The minimum absolute atomic E-state index is 0.126. The average Bonchev–Trinajstić information content (AvgIpc) is 2.38. The molecule has 1 aliphatic heterocycles. The Bertz CT molecular complexity index is 463. The molecule has 1 fully saturated rings. The monoisotopic (exact) mass is 268 g/mol. The normalized spacial score (nSPS) is 19.6. The van der Waals surface area contributed by atoms with E-state index >= 15 is 0 Å². The van der Waals surface area contributed by atoms with E-state index in [0.717, 1.165) is 0 Å². The summed E-state index contributed by atoms with van der Waals surface area (Å²) in [5, 5.41) is 10.3. The number of hydrogen-bond donors (Lipinski definition) is 1. The highest BCUT2D eigenvalue weighted by molar-refractivity contribution is 6.29. The molecule has 7 heteroatoms. The molecule has 1 atom stereocenters. The minimum atomic E-state index is -0.441. The topological polar surface area (TPSA) is 75.2 Å². The Labute approximate surface area is 109 Å². The molecule has 1 aliphatic rings. The van der Waals surface area contributed by atoms with E-state index < -0.39 is 6.04 Å². The summed E-state index contributed by atoms with van der Waals surface area (Å²) in [5.74, 6) is -0.417. The van der Waals surface area contributed by atoms with E-state index in [0.29, 0.717) is 19.5 Å². The molecule has 0 saturated carbocycles. The van der Waals surface area contributed by atoms with Crippen molar-refractivity contribution in [1.82, 2.24) is 20.4 Å². The van der Waals surface area contributed by atoms with E-state index in [9.17, 15) is 9.59 Å². The second kappa shape index (κ2) is 5.30. The smallest absolute Gasteiger partial charge is 0.275 e. The average molecular weight is 269 g/mol. The van der Waals surface area contributed by atoms with Crippen LogP contribution in [0.4, 0.5) is 0 Å². The molecule has 1 aromatic rings. The Hall–Kier alpha value is -1.69. The highest BCUT2D eigenvalue weighted by atomic mass is 35.5. The molecule has 1 N–H and O–H groups in total. The van der Waals surface area contributed by atoms with Crippen LogP contribution < -0.4 is 5.32 Å². The van der Waals surface area contributed by atoms with Crippen LogP contribution in [0.25, 0.3) is 0 Å². The third kappa shape index (κ3) is 2.43. The van der Waals surface area contributed by atoms with Gasteiger partial charge in [0.2, 0.25) is 5.91 Å². The number of hydrogen-bond acceptors (Lipinski definition) is 4. The third-order valence-corrected chi connectivity index (χ3v) is 3.03. The fourth-order valence-corrected chi connectivity index (χ4v) is 2.04. The van der Waals surface area contributed by atoms with Crippen molar-refractivity contribution in [2.45, 2.75) is 19.4 Å².